The molecule has 112 valence electrons. The zero-order valence-electron chi connectivity index (χ0n) is 12.4. The molecule has 20 heavy (non-hydrogen) atoms. The summed E-state index contributed by atoms with van der Waals surface area (Å²) in [5.74, 6) is -0.322. The number of hydrogen-bond donors (Lipinski definition) is 1. The summed E-state index contributed by atoms with van der Waals surface area (Å²) in [5.41, 5.74) is 2.71. The van der Waals surface area contributed by atoms with Crippen molar-refractivity contribution < 1.29 is 13.2 Å². The third-order valence-corrected chi connectivity index (χ3v) is 4.18. The lowest BCUT2D eigenvalue weighted by Crippen LogP contribution is -2.37. The molecule has 6 heteroatoms. The van der Waals surface area contributed by atoms with E-state index in [1.165, 1.54) is 4.31 Å². The van der Waals surface area contributed by atoms with Crippen molar-refractivity contribution in [3.63, 3.8) is 0 Å². The van der Waals surface area contributed by atoms with Crippen LogP contribution in [0.2, 0.25) is 0 Å². The van der Waals surface area contributed by atoms with Gasteiger partial charge in [0.15, 0.2) is 0 Å². The maximum atomic E-state index is 12.0. The number of nitrogens with one attached hydrogen (secondary N) is 1. The predicted octanol–water partition coefficient (Wildman–Crippen LogP) is 1.91. The molecule has 0 atom stereocenters. The number of rotatable bonds is 6. The largest absolute Gasteiger partial charge is 0.325 e. The van der Waals surface area contributed by atoms with Gasteiger partial charge < -0.3 is 5.32 Å². The summed E-state index contributed by atoms with van der Waals surface area (Å²) in [6.07, 6.45) is 1.79. The Bertz CT molecular complexity index is 582. The zero-order chi connectivity index (χ0) is 15.3. The molecule has 0 fully saturated rings. The van der Waals surface area contributed by atoms with Gasteiger partial charge in [-0.3, -0.25) is 4.79 Å². The van der Waals surface area contributed by atoms with E-state index in [1.807, 2.05) is 39.0 Å². The van der Waals surface area contributed by atoms with E-state index >= 15 is 0 Å². The molecule has 0 unspecified atom stereocenters. The summed E-state index contributed by atoms with van der Waals surface area (Å²) in [5, 5.41) is 2.77. The Labute approximate surface area is 121 Å². The van der Waals surface area contributed by atoms with Gasteiger partial charge >= 0.3 is 0 Å². The number of amides is 1. The highest BCUT2D eigenvalue weighted by Gasteiger charge is 2.19. The van der Waals surface area contributed by atoms with Gasteiger partial charge in [0.05, 0.1) is 12.8 Å². The second kappa shape index (κ2) is 6.85. The van der Waals surface area contributed by atoms with Gasteiger partial charge in [0.25, 0.3) is 0 Å². The van der Waals surface area contributed by atoms with Crippen LogP contribution in [0.15, 0.2) is 18.2 Å². The molecule has 0 heterocycles. The normalized spacial score (nSPS) is 11.7. The molecule has 1 rings (SSSR count). The fourth-order valence-electron chi connectivity index (χ4n) is 1.83. The van der Waals surface area contributed by atoms with Crippen molar-refractivity contribution in [2.45, 2.75) is 27.2 Å². The number of nitrogens with zero attached hydrogens (tertiary/aromatic N) is 1. The first-order valence-electron chi connectivity index (χ1n) is 6.56. The van der Waals surface area contributed by atoms with Gasteiger partial charge in [-0.2, -0.15) is 4.31 Å². The summed E-state index contributed by atoms with van der Waals surface area (Å²) < 4.78 is 24.3. The van der Waals surface area contributed by atoms with Crippen molar-refractivity contribution >= 4 is 21.6 Å². The summed E-state index contributed by atoms with van der Waals surface area (Å²) in [6, 6.07) is 5.76. The maximum Gasteiger partial charge on any atom is 0.239 e. The average Bonchev–Trinajstić information content (AvgIpc) is 2.32. The first-order chi connectivity index (χ1) is 9.24. The Morgan fingerprint density at radius 3 is 2.50 bits per heavy atom. The van der Waals surface area contributed by atoms with E-state index in [-0.39, 0.29) is 12.5 Å². The van der Waals surface area contributed by atoms with Gasteiger partial charge in [-0.05, 0) is 37.5 Å². The molecule has 5 nitrogen and oxygen atoms in total. The number of anilines is 1. The van der Waals surface area contributed by atoms with Crippen LogP contribution in [-0.2, 0) is 14.8 Å². The van der Waals surface area contributed by atoms with E-state index in [2.05, 4.69) is 5.32 Å². The molecule has 0 saturated heterocycles. The first kappa shape index (κ1) is 16.7. The van der Waals surface area contributed by atoms with E-state index < -0.39 is 10.0 Å². The number of carbonyl (C=O) groups excluding carboxylic acids is 1. The Kier molecular flexibility index (Phi) is 5.71. The highest BCUT2D eigenvalue weighted by molar-refractivity contribution is 7.88. The zero-order valence-corrected chi connectivity index (χ0v) is 13.3. The summed E-state index contributed by atoms with van der Waals surface area (Å²) in [6.45, 7) is 5.91. The molecule has 0 aromatic heterocycles. The number of carbonyl (C=O) groups is 1. The molecule has 0 aliphatic carbocycles. The molecule has 1 N–H and O–H groups in total. The second-order valence-electron chi connectivity index (χ2n) is 4.96. The molecular weight excluding hydrogens is 276 g/mol. The summed E-state index contributed by atoms with van der Waals surface area (Å²) in [4.78, 5) is 12.0. The van der Waals surface area contributed by atoms with E-state index in [0.717, 1.165) is 23.1 Å². The van der Waals surface area contributed by atoms with Crippen molar-refractivity contribution in [3.05, 3.63) is 29.3 Å². The van der Waals surface area contributed by atoms with E-state index in [1.54, 1.807) is 0 Å². The lowest BCUT2D eigenvalue weighted by molar-refractivity contribution is -0.116. The summed E-state index contributed by atoms with van der Waals surface area (Å²) >= 11 is 0. The number of sulfonamides is 1. The minimum atomic E-state index is -3.36. The lowest BCUT2D eigenvalue weighted by atomic mass is 10.1. The Morgan fingerprint density at radius 2 is 1.95 bits per heavy atom. The molecule has 0 radical (unpaired) electrons. The van der Waals surface area contributed by atoms with Crippen LogP contribution in [0.25, 0.3) is 0 Å². The lowest BCUT2D eigenvalue weighted by Gasteiger charge is -2.19. The quantitative estimate of drug-likeness (QED) is 0.872. The van der Waals surface area contributed by atoms with Crippen molar-refractivity contribution in [3.8, 4) is 0 Å². The third-order valence-electron chi connectivity index (χ3n) is 2.93. The Morgan fingerprint density at radius 1 is 1.30 bits per heavy atom. The van der Waals surface area contributed by atoms with Gasteiger partial charge in [-0.15, -0.1) is 0 Å². The van der Waals surface area contributed by atoms with Crippen LogP contribution < -0.4 is 5.32 Å². The fraction of sp³-hybridized carbons (Fsp3) is 0.500. The second-order valence-corrected chi connectivity index (χ2v) is 6.95. The van der Waals surface area contributed by atoms with Gasteiger partial charge in [-0.25, -0.2) is 8.42 Å². The van der Waals surface area contributed by atoms with Gasteiger partial charge in [0.2, 0.25) is 15.9 Å². The number of aryl methyl sites for hydroxylation is 2. The summed E-state index contributed by atoms with van der Waals surface area (Å²) in [7, 11) is -3.36. The monoisotopic (exact) mass is 298 g/mol. The Hall–Kier alpha value is -1.40. The van der Waals surface area contributed by atoms with Crippen LogP contribution in [0.1, 0.15) is 24.5 Å². The molecule has 1 aromatic rings. The van der Waals surface area contributed by atoms with Crippen molar-refractivity contribution in [1.82, 2.24) is 4.31 Å². The average molecular weight is 298 g/mol. The molecular formula is C14H22N2O3S. The number of benzene rings is 1. The predicted molar refractivity (Wildman–Crippen MR) is 81.3 cm³/mol. The van der Waals surface area contributed by atoms with Crippen molar-refractivity contribution in [1.29, 1.82) is 0 Å². The fourth-order valence-corrected chi connectivity index (χ4v) is 2.70. The standard InChI is InChI=1S/C14H22N2O3S/c1-5-8-16(20(4,18)19)10-14(17)15-13-9-11(2)6-7-12(13)3/h6-7,9H,5,8,10H2,1-4H3,(H,15,17). The van der Waals surface area contributed by atoms with E-state index in [0.29, 0.717) is 13.0 Å². The van der Waals surface area contributed by atoms with Gasteiger partial charge in [-0.1, -0.05) is 19.1 Å². The SMILES string of the molecule is CCCN(CC(=O)Nc1cc(C)ccc1C)S(C)(=O)=O. The molecule has 0 spiro atoms. The molecule has 1 aromatic carbocycles. The van der Waals surface area contributed by atoms with Crippen molar-refractivity contribution in [2.24, 2.45) is 0 Å². The molecule has 0 aliphatic rings. The van der Waals surface area contributed by atoms with Crippen LogP contribution in [0.3, 0.4) is 0 Å². The third kappa shape index (κ3) is 4.94. The number of hydrogen-bond acceptors (Lipinski definition) is 3. The smallest absolute Gasteiger partial charge is 0.239 e. The van der Waals surface area contributed by atoms with Crippen LogP contribution >= 0.6 is 0 Å². The van der Waals surface area contributed by atoms with Crippen LogP contribution in [-0.4, -0.2) is 38.0 Å². The van der Waals surface area contributed by atoms with Crippen LogP contribution in [0.4, 0.5) is 5.69 Å². The van der Waals surface area contributed by atoms with Crippen LogP contribution in [0.5, 0.6) is 0 Å². The topological polar surface area (TPSA) is 66.5 Å². The van der Waals surface area contributed by atoms with Crippen LogP contribution in [0, 0.1) is 13.8 Å². The first-order valence-corrected chi connectivity index (χ1v) is 8.41. The maximum absolute atomic E-state index is 12.0. The van der Waals surface area contributed by atoms with E-state index in [9.17, 15) is 13.2 Å². The van der Waals surface area contributed by atoms with E-state index in [4.69, 9.17) is 0 Å². The highest BCUT2D eigenvalue weighted by atomic mass is 32.2. The van der Waals surface area contributed by atoms with Gasteiger partial charge in [0, 0.05) is 12.2 Å². The minimum absolute atomic E-state index is 0.153. The molecule has 0 aliphatic heterocycles. The molecule has 0 bridgehead atoms. The molecule has 0 saturated carbocycles. The molecule has 1 amide bonds. The van der Waals surface area contributed by atoms with Gasteiger partial charge in [0.1, 0.15) is 0 Å². The van der Waals surface area contributed by atoms with Crippen molar-refractivity contribution in [2.75, 3.05) is 24.7 Å². The minimum Gasteiger partial charge on any atom is -0.325 e. The Balaban J connectivity index is 2.78. The highest BCUT2D eigenvalue weighted by Crippen LogP contribution is 2.16.